The number of phenolic OH excluding ortho intramolecular Hbond substituents is 2. The van der Waals surface area contributed by atoms with Crippen LogP contribution in [-0.2, 0) is 0 Å². The van der Waals surface area contributed by atoms with Gasteiger partial charge in [0.15, 0.2) is 28.4 Å². The molecule has 5 aromatic rings. The van der Waals surface area contributed by atoms with E-state index in [9.17, 15) is 24.9 Å². The molecule has 3 heterocycles. The zero-order valence-corrected chi connectivity index (χ0v) is 16.4. The molecule has 0 aliphatic carbocycles. The predicted molar refractivity (Wildman–Crippen MR) is 114 cm³/mol. The maximum atomic E-state index is 12.7. The van der Waals surface area contributed by atoms with Gasteiger partial charge in [0.25, 0.3) is 5.91 Å². The Kier molecular flexibility index (Phi) is 4.19. The van der Waals surface area contributed by atoms with E-state index in [4.69, 9.17) is 8.83 Å². The second kappa shape index (κ2) is 6.92. The second-order valence-electron chi connectivity index (χ2n) is 6.73. The molecule has 1 amide bonds. The predicted octanol–water partition coefficient (Wildman–Crippen LogP) is 5.27. The van der Waals surface area contributed by atoms with Gasteiger partial charge in [0, 0.05) is 21.7 Å². The molecule has 154 valence electrons. The first-order chi connectivity index (χ1) is 14.9. The van der Waals surface area contributed by atoms with Gasteiger partial charge in [-0.3, -0.25) is 4.79 Å². The maximum Gasteiger partial charge on any atom is 0.339 e. The Morgan fingerprint density at radius 3 is 2.16 bits per heavy atom. The molecule has 9 heteroatoms. The topological polar surface area (TPSA) is 133 Å². The molecule has 0 aliphatic heterocycles. The lowest BCUT2D eigenvalue weighted by molar-refractivity contribution is 0.0699. The SMILES string of the molecule is O=C(Nc1scc(-c2cc3cccc(O)c3o2)c1C(=O)O)c1cc2cccc(O)c2o1. The van der Waals surface area contributed by atoms with Gasteiger partial charge in [-0.1, -0.05) is 24.3 Å². The summed E-state index contributed by atoms with van der Waals surface area (Å²) in [5.74, 6) is -1.89. The zero-order valence-electron chi connectivity index (χ0n) is 15.6. The first-order valence-electron chi connectivity index (χ1n) is 9.02. The van der Waals surface area contributed by atoms with Crippen LogP contribution >= 0.6 is 11.3 Å². The molecule has 0 aliphatic rings. The molecule has 0 unspecified atom stereocenters. The number of fused-ring (bicyclic) bond motifs is 2. The molecule has 2 aromatic carbocycles. The van der Waals surface area contributed by atoms with Gasteiger partial charge in [-0.25, -0.2) is 4.79 Å². The summed E-state index contributed by atoms with van der Waals surface area (Å²) < 4.78 is 11.1. The van der Waals surface area contributed by atoms with Crippen molar-refractivity contribution in [3.63, 3.8) is 0 Å². The fourth-order valence-electron chi connectivity index (χ4n) is 3.35. The smallest absolute Gasteiger partial charge is 0.339 e. The minimum Gasteiger partial charge on any atom is -0.504 e. The molecule has 0 radical (unpaired) electrons. The van der Waals surface area contributed by atoms with Gasteiger partial charge in [0.1, 0.15) is 16.3 Å². The number of carbonyl (C=O) groups is 2. The van der Waals surface area contributed by atoms with E-state index in [1.807, 2.05) is 0 Å². The van der Waals surface area contributed by atoms with Crippen LogP contribution < -0.4 is 5.32 Å². The van der Waals surface area contributed by atoms with Crippen molar-refractivity contribution in [2.24, 2.45) is 0 Å². The number of hydrogen-bond acceptors (Lipinski definition) is 7. The number of carboxylic acids is 1. The van der Waals surface area contributed by atoms with E-state index in [1.165, 1.54) is 18.2 Å². The Morgan fingerprint density at radius 1 is 0.903 bits per heavy atom. The van der Waals surface area contributed by atoms with Crippen molar-refractivity contribution in [2.75, 3.05) is 5.32 Å². The van der Waals surface area contributed by atoms with Gasteiger partial charge in [-0.05, 0) is 24.3 Å². The third kappa shape index (κ3) is 3.08. The molecular weight excluding hydrogens is 422 g/mol. The lowest BCUT2D eigenvalue weighted by Gasteiger charge is -2.03. The van der Waals surface area contributed by atoms with Crippen molar-refractivity contribution in [1.82, 2.24) is 0 Å². The number of nitrogens with one attached hydrogen (secondary N) is 1. The largest absolute Gasteiger partial charge is 0.504 e. The average molecular weight is 435 g/mol. The Bertz CT molecular complexity index is 1490. The van der Waals surface area contributed by atoms with Crippen LogP contribution in [0.25, 0.3) is 33.3 Å². The van der Waals surface area contributed by atoms with Crippen LogP contribution in [0.5, 0.6) is 11.5 Å². The molecule has 0 fully saturated rings. The van der Waals surface area contributed by atoms with Crippen molar-refractivity contribution >= 4 is 50.2 Å². The number of anilines is 1. The standard InChI is InChI=1S/C22H13NO7S/c24-13-5-1-3-10-7-15(29-18(10)13)12-9-31-21(17(12)22(27)28)23-20(26)16-8-11-4-2-6-14(25)19(11)30-16/h1-9,24-25H,(H,23,26)(H,27,28). The van der Waals surface area contributed by atoms with Crippen LogP contribution in [0.1, 0.15) is 20.9 Å². The number of thiophene rings is 1. The number of para-hydroxylation sites is 2. The van der Waals surface area contributed by atoms with E-state index in [0.717, 1.165) is 11.3 Å². The Labute approximate surface area is 177 Å². The summed E-state index contributed by atoms with van der Waals surface area (Å²) in [5, 5.41) is 34.9. The quantitative estimate of drug-likeness (QED) is 0.302. The number of carboxylic acid groups (broad SMARTS) is 1. The molecule has 3 aromatic heterocycles. The van der Waals surface area contributed by atoms with Crippen molar-refractivity contribution < 1.29 is 33.7 Å². The van der Waals surface area contributed by atoms with Gasteiger partial charge >= 0.3 is 5.97 Å². The number of amides is 1. The number of phenols is 2. The molecule has 4 N–H and O–H groups in total. The number of carbonyl (C=O) groups excluding carboxylic acids is 1. The minimum atomic E-state index is -1.25. The molecule has 5 rings (SSSR count). The Morgan fingerprint density at radius 2 is 1.55 bits per heavy atom. The lowest BCUT2D eigenvalue weighted by Crippen LogP contribution is -2.12. The third-order valence-corrected chi connectivity index (χ3v) is 5.66. The van der Waals surface area contributed by atoms with Gasteiger partial charge < -0.3 is 29.5 Å². The fraction of sp³-hybridized carbons (Fsp3) is 0. The molecule has 0 spiro atoms. The summed E-state index contributed by atoms with van der Waals surface area (Å²) in [7, 11) is 0. The van der Waals surface area contributed by atoms with Crippen LogP contribution in [0, 0.1) is 0 Å². The van der Waals surface area contributed by atoms with Crippen LogP contribution in [0.3, 0.4) is 0 Å². The summed E-state index contributed by atoms with van der Waals surface area (Å²) >= 11 is 1.02. The molecule has 8 nitrogen and oxygen atoms in total. The minimum absolute atomic E-state index is 0.0579. The van der Waals surface area contributed by atoms with Gasteiger partial charge in [-0.2, -0.15) is 0 Å². The highest BCUT2D eigenvalue weighted by Crippen LogP contribution is 2.40. The third-order valence-electron chi connectivity index (χ3n) is 4.77. The number of aromatic hydroxyl groups is 2. The van der Waals surface area contributed by atoms with E-state index in [1.54, 1.807) is 35.7 Å². The van der Waals surface area contributed by atoms with Crippen molar-refractivity contribution in [1.29, 1.82) is 0 Å². The lowest BCUT2D eigenvalue weighted by atomic mass is 10.1. The van der Waals surface area contributed by atoms with E-state index < -0.39 is 11.9 Å². The molecule has 31 heavy (non-hydrogen) atoms. The van der Waals surface area contributed by atoms with Crippen LogP contribution in [-0.4, -0.2) is 27.2 Å². The molecule has 0 saturated carbocycles. The fourth-order valence-corrected chi connectivity index (χ4v) is 4.28. The van der Waals surface area contributed by atoms with Crippen molar-refractivity contribution in [3.05, 3.63) is 65.2 Å². The molecule has 0 saturated heterocycles. The van der Waals surface area contributed by atoms with E-state index >= 15 is 0 Å². The first-order valence-corrected chi connectivity index (χ1v) is 9.90. The summed E-state index contributed by atoms with van der Waals surface area (Å²) in [6.45, 7) is 0. The van der Waals surface area contributed by atoms with Gasteiger partial charge in [-0.15, -0.1) is 11.3 Å². The Hall–Kier alpha value is -4.24. The second-order valence-corrected chi connectivity index (χ2v) is 7.60. The van der Waals surface area contributed by atoms with Crippen LogP contribution in [0.2, 0.25) is 0 Å². The van der Waals surface area contributed by atoms with Gasteiger partial charge in [0.2, 0.25) is 0 Å². The number of aromatic carboxylic acids is 1. The number of hydrogen-bond donors (Lipinski definition) is 4. The highest BCUT2D eigenvalue weighted by molar-refractivity contribution is 7.15. The normalized spacial score (nSPS) is 11.2. The average Bonchev–Trinajstić information content (AvgIpc) is 3.44. The number of benzene rings is 2. The van der Waals surface area contributed by atoms with E-state index in [-0.39, 0.29) is 50.3 Å². The molecule has 0 bridgehead atoms. The summed E-state index contributed by atoms with van der Waals surface area (Å²) in [6.07, 6.45) is 0. The molecular formula is C22H13NO7S. The summed E-state index contributed by atoms with van der Waals surface area (Å²) in [6, 6.07) is 12.7. The Balaban J connectivity index is 1.53. The maximum absolute atomic E-state index is 12.7. The number of rotatable bonds is 4. The van der Waals surface area contributed by atoms with Crippen LogP contribution in [0.4, 0.5) is 5.00 Å². The zero-order chi connectivity index (χ0) is 21.7. The first kappa shape index (κ1) is 18.8. The summed E-state index contributed by atoms with van der Waals surface area (Å²) in [5.41, 5.74) is 0.536. The highest BCUT2D eigenvalue weighted by Gasteiger charge is 2.25. The highest BCUT2D eigenvalue weighted by atomic mass is 32.1. The van der Waals surface area contributed by atoms with E-state index in [2.05, 4.69) is 5.32 Å². The van der Waals surface area contributed by atoms with Crippen molar-refractivity contribution in [3.8, 4) is 22.8 Å². The van der Waals surface area contributed by atoms with Crippen LogP contribution in [0.15, 0.2) is 62.7 Å². The molecule has 0 atom stereocenters. The summed E-state index contributed by atoms with van der Waals surface area (Å²) in [4.78, 5) is 24.6. The number of furan rings is 2. The monoisotopic (exact) mass is 435 g/mol. The van der Waals surface area contributed by atoms with E-state index in [0.29, 0.717) is 10.8 Å². The van der Waals surface area contributed by atoms with Crippen molar-refractivity contribution in [2.45, 2.75) is 0 Å². The van der Waals surface area contributed by atoms with Gasteiger partial charge in [0.05, 0.1) is 0 Å².